The largest absolute Gasteiger partial charge is 0.316 e. The zero-order chi connectivity index (χ0) is 10.8. The molecule has 0 saturated carbocycles. The third-order valence-corrected chi connectivity index (χ3v) is 3.22. The van der Waals surface area contributed by atoms with Gasteiger partial charge < -0.3 is 5.32 Å². The number of hydrogen-bond acceptors (Lipinski definition) is 2. The third kappa shape index (κ3) is 1.69. The van der Waals surface area contributed by atoms with Crippen molar-refractivity contribution in [2.24, 2.45) is 4.99 Å². The van der Waals surface area contributed by atoms with Crippen molar-refractivity contribution in [2.75, 3.05) is 13.1 Å². The van der Waals surface area contributed by atoms with Gasteiger partial charge in [0, 0.05) is 5.22 Å². The van der Waals surface area contributed by atoms with Crippen LogP contribution in [0.2, 0.25) is 0 Å². The summed E-state index contributed by atoms with van der Waals surface area (Å²) >= 11 is 0. The Morgan fingerprint density at radius 3 is 3.06 bits per heavy atom. The standard InChI is InChI=1S/C14H16N2/c1-2-7-13-11(5-1)12-6-3-9-15-10-4-8-14(12)16-13/h1-2,5,7-8,15H,3-4,6,9-10H2/b14-8+. The average Bonchev–Trinajstić information content (AvgIpc) is 2.69. The van der Waals surface area contributed by atoms with Crippen LogP contribution in [0, 0.1) is 0 Å². The van der Waals surface area contributed by atoms with Crippen LogP contribution in [0.4, 0.5) is 0 Å². The molecule has 0 aliphatic carbocycles. The summed E-state index contributed by atoms with van der Waals surface area (Å²) < 4.78 is 0. The first-order chi connectivity index (χ1) is 7.95. The summed E-state index contributed by atoms with van der Waals surface area (Å²) in [5.41, 5.74) is 2.66. The van der Waals surface area contributed by atoms with Crippen molar-refractivity contribution >= 4 is 5.57 Å². The minimum Gasteiger partial charge on any atom is -0.316 e. The lowest BCUT2D eigenvalue weighted by molar-refractivity contribution is 0.666. The van der Waals surface area contributed by atoms with Gasteiger partial charge in [-0.05, 0) is 44.0 Å². The van der Waals surface area contributed by atoms with Crippen molar-refractivity contribution in [3.8, 4) is 0 Å². The molecule has 0 atom stereocenters. The summed E-state index contributed by atoms with van der Waals surface area (Å²) in [4.78, 5) is 4.71. The molecule has 2 nitrogen and oxygen atoms in total. The smallest absolute Gasteiger partial charge is 0.0712 e. The zero-order valence-corrected chi connectivity index (χ0v) is 9.37. The quantitative estimate of drug-likeness (QED) is 0.685. The van der Waals surface area contributed by atoms with Crippen LogP contribution in [0.1, 0.15) is 19.3 Å². The van der Waals surface area contributed by atoms with Gasteiger partial charge in [0.25, 0.3) is 0 Å². The normalized spacial score (nSPS) is 23.0. The van der Waals surface area contributed by atoms with Crippen molar-refractivity contribution < 1.29 is 0 Å². The second kappa shape index (κ2) is 4.22. The summed E-state index contributed by atoms with van der Waals surface area (Å²) in [5.74, 6) is 0. The zero-order valence-electron chi connectivity index (χ0n) is 9.37. The highest BCUT2D eigenvalue weighted by Crippen LogP contribution is 2.20. The molecule has 2 aliphatic rings. The molecule has 82 valence electrons. The summed E-state index contributed by atoms with van der Waals surface area (Å²) in [7, 11) is 0. The highest BCUT2D eigenvalue weighted by atomic mass is 14.8. The Morgan fingerprint density at radius 1 is 1.12 bits per heavy atom. The highest BCUT2D eigenvalue weighted by molar-refractivity contribution is 5.65. The molecular formula is C14H16N2. The molecule has 2 aliphatic heterocycles. The molecule has 2 heterocycles. The minimum absolute atomic E-state index is 1.07. The number of nitrogens with zero attached hydrogens (tertiary/aromatic N) is 1. The maximum absolute atomic E-state index is 4.71. The number of fused-ring (bicyclic) bond motifs is 2. The van der Waals surface area contributed by atoms with Crippen LogP contribution in [0.3, 0.4) is 0 Å². The van der Waals surface area contributed by atoms with E-state index < -0.39 is 0 Å². The van der Waals surface area contributed by atoms with E-state index in [0.29, 0.717) is 0 Å². The predicted octanol–water partition coefficient (Wildman–Crippen LogP) is 1.13. The Morgan fingerprint density at radius 2 is 2.06 bits per heavy atom. The van der Waals surface area contributed by atoms with E-state index in [0.717, 1.165) is 31.3 Å². The molecular weight excluding hydrogens is 196 g/mol. The van der Waals surface area contributed by atoms with Gasteiger partial charge in [-0.1, -0.05) is 24.3 Å². The minimum atomic E-state index is 1.07. The van der Waals surface area contributed by atoms with Gasteiger partial charge in [-0.2, -0.15) is 0 Å². The van der Waals surface area contributed by atoms with Crippen molar-refractivity contribution in [3.63, 3.8) is 0 Å². The second-order valence-corrected chi connectivity index (χ2v) is 4.34. The van der Waals surface area contributed by atoms with Crippen molar-refractivity contribution in [3.05, 3.63) is 46.6 Å². The van der Waals surface area contributed by atoms with E-state index in [1.54, 1.807) is 0 Å². The molecule has 3 rings (SSSR count). The van der Waals surface area contributed by atoms with Gasteiger partial charge in [-0.25, -0.2) is 4.99 Å². The molecule has 0 radical (unpaired) electrons. The van der Waals surface area contributed by atoms with Crippen LogP contribution in [0.15, 0.2) is 41.0 Å². The Kier molecular flexibility index (Phi) is 2.58. The molecule has 2 heteroatoms. The van der Waals surface area contributed by atoms with Gasteiger partial charge >= 0.3 is 0 Å². The van der Waals surface area contributed by atoms with Crippen LogP contribution in [-0.4, -0.2) is 13.1 Å². The number of hydrogen-bond donors (Lipinski definition) is 1. The maximum atomic E-state index is 4.71. The van der Waals surface area contributed by atoms with Crippen molar-refractivity contribution in [1.82, 2.24) is 5.32 Å². The molecule has 0 aromatic heterocycles. The number of para-hydroxylation sites is 1. The molecule has 0 bridgehead atoms. The topological polar surface area (TPSA) is 24.4 Å². The highest BCUT2D eigenvalue weighted by Gasteiger charge is 2.12. The molecule has 0 unspecified atom stereocenters. The summed E-state index contributed by atoms with van der Waals surface area (Å²) in [6.07, 6.45) is 5.69. The van der Waals surface area contributed by atoms with Crippen LogP contribution in [0.5, 0.6) is 0 Å². The molecule has 1 aromatic rings. The van der Waals surface area contributed by atoms with Gasteiger partial charge in [0.2, 0.25) is 0 Å². The van der Waals surface area contributed by atoms with Crippen LogP contribution in [-0.2, 0) is 0 Å². The van der Waals surface area contributed by atoms with E-state index >= 15 is 0 Å². The van der Waals surface area contributed by atoms with Crippen LogP contribution >= 0.6 is 0 Å². The van der Waals surface area contributed by atoms with Crippen LogP contribution in [0.25, 0.3) is 5.57 Å². The summed E-state index contributed by atoms with van der Waals surface area (Å²) in [6, 6.07) is 8.48. The second-order valence-electron chi connectivity index (χ2n) is 4.34. The monoisotopic (exact) mass is 212 g/mol. The fraction of sp³-hybridized carbons (Fsp3) is 0.357. The van der Waals surface area contributed by atoms with E-state index in [9.17, 15) is 0 Å². The fourth-order valence-corrected chi connectivity index (χ4v) is 2.42. The first kappa shape index (κ1) is 9.79. The molecule has 0 spiro atoms. The number of benzene rings is 1. The molecule has 0 amide bonds. The SMILES string of the molecule is C1=C2/N=c3ccccc3=C2CCCNCC/1. The lowest BCUT2D eigenvalue weighted by Gasteiger charge is -2.02. The van der Waals surface area contributed by atoms with Gasteiger partial charge in [-0.15, -0.1) is 0 Å². The van der Waals surface area contributed by atoms with Crippen molar-refractivity contribution in [2.45, 2.75) is 19.3 Å². The van der Waals surface area contributed by atoms with Gasteiger partial charge in [0.05, 0.1) is 11.1 Å². The lowest BCUT2D eigenvalue weighted by atomic mass is 10.1. The van der Waals surface area contributed by atoms with Gasteiger partial charge in [0.15, 0.2) is 0 Å². The first-order valence-corrected chi connectivity index (χ1v) is 6.03. The predicted molar refractivity (Wildman–Crippen MR) is 65.4 cm³/mol. The Hall–Kier alpha value is -1.41. The van der Waals surface area contributed by atoms with E-state index in [1.807, 2.05) is 0 Å². The number of allylic oxidation sites excluding steroid dienone is 1. The van der Waals surface area contributed by atoms with E-state index in [1.165, 1.54) is 22.9 Å². The van der Waals surface area contributed by atoms with Crippen molar-refractivity contribution in [1.29, 1.82) is 0 Å². The molecule has 16 heavy (non-hydrogen) atoms. The molecule has 0 saturated heterocycles. The van der Waals surface area contributed by atoms with Gasteiger partial charge in [0.1, 0.15) is 0 Å². The number of rotatable bonds is 0. The molecule has 1 N–H and O–H groups in total. The maximum Gasteiger partial charge on any atom is 0.0712 e. The van der Waals surface area contributed by atoms with E-state index in [2.05, 4.69) is 35.7 Å². The fourth-order valence-electron chi connectivity index (χ4n) is 2.42. The number of nitrogens with one attached hydrogen (secondary N) is 1. The first-order valence-electron chi connectivity index (χ1n) is 6.03. The molecule has 1 aromatic carbocycles. The Labute approximate surface area is 95.4 Å². The van der Waals surface area contributed by atoms with Crippen LogP contribution < -0.4 is 15.9 Å². The van der Waals surface area contributed by atoms with E-state index in [-0.39, 0.29) is 0 Å². The molecule has 0 fully saturated rings. The Balaban J connectivity index is 2.15. The van der Waals surface area contributed by atoms with E-state index in [4.69, 9.17) is 4.99 Å². The average molecular weight is 212 g/mol. The summed E-state index contributed by atoms with van der Waals surface area (Å²) in [5, 5.41) is 5.93. The summed E-state index contributed by atoms with van der Waals surface area (Å²) in [6.45, 7) is 2.19. The third-order valence-electron chi connectivity index (χ3n) is 3.22. The van der Waals surface area contributed by atoms with Gasteiger partial charge in [-0.3, -0.25) is 0 Å². The Bertz CT molecular complexity index is 540. The lowest BCUT2D eigenvalue weighted by Crippen LogP contribution is -2.22.